The average Bonchev–Trinajstić information content (AvgIpc) is 2.29. The van der Waals surface area contributed by atoms with E-state index >= 15 is 0 Å². The number of imidazole rings is 1. The summed E-state index contributed by atoms with van der Waals surface area (Å²) in [5.41, 5.74) is 3.39. The molecule has 0 spiro atoms. The van der Waals surface area contributed by atoms with Crippen LogP contribution in [0.3, 0.4) is 0 Å². The maximum atomic E-state index is 4.41. The van der Waals surface area contributed by atoms with E-state index in [1.54, 1.807) is 0 Å². The largest absolute Gasteiger partial charge is 0.306 e. The van der Waals surface area contributed by atoms with Crippen molar-refractivity contribution in [2.45, 2.75) is 13.8 Å². The molecule has 2 aromatic heterocycles. The molecular formula is C9H9IN2. The van der Waals surface area contributed by atoms with Crippen LogP contribution in [-0.2, 0) is 0 Å². The fraction of sp³-hybridized carbons (Fsp3) is 0.222. The molecule has 0 saturated heterocycles. The van der Waals surface area contributed by atoms with Gasteiger partial charge in [0.15, 0.2) is 0 Å². The van der Waals surface area contributed by atoms with Gasteiger partial charge in [0.2, 0.25) is 0 Å². The topological polar surface area (TPSA) is 17.3 Å². The van der Waals surface area contributed by atoms with E-state index in [9.17, 15) is 0 Å². The Morgan fingerprint density at radius 3 is 2.83 bits per heavy atom. The maximum Gasteiger partial charge on any atom is 0.150 e. The SMILES string of the molecule is Cc1cc(I)c2nc(C)cn2c1. The molecule has 62 valence electrons. The first-order valence-electron chi connectivity index (χ1n) is 3.78. The third kappa shape index (κ3) is 1.22. The van der Waals surface area contributed by atoms with Crippen LogP contribution in [0.15, 0.2) is 18.5 Å². The third-order valence-electron chi connectivity index (χ3n) is 1.76. The normalized spacial score (nSPS) is 10.9. The number of hydrogen-bond acceptors (Lipinski definition) is 1. The Balaban J connectivity index is 2.88. The molecule has 0 aromatic carbocycles. The van der Waals surface area contributed by atoms with E-state index in [4.69, 9.17) is 0 Å². The number of halogens is 1. The Morgan fingerprint density at radius 2 is 2.08 bits per heavy atom. The van der Waals surface area contributed by atoms with Gasteiger partial charge in [-0.3, -0.25) is 0 Å². The number of nitrogens with zero attached hydrogens (tertiary/aromatic N) is 2. The minimum absolute atomic E-state index is 1.05. The van der Waals surface area contributed by atoms with Crippen molar-refractivity contribution in [1.82, 2.24) is 9.38 Å². The standard InChI is InChI=1S/C9H9IN2/c1-6-3-8(10)9-11-7(2)5-12(9)4-6/h3-5H,1-2H3. The van der Waals surface area contributed by atoms with Crippen molar-refractivity contribution in [2.24, 2.45) is 0 Å². The van der Waals surface area contributed by atoms with Crippen LogP contribution in [0.2, 0.25) is 0 Å². The lowest BCUT2D eigenvalue weighted by molar-refractivity contribution is 1.14. The van der Waals surface area contributed by atoms with Crippen molar-refractivity contribution in [3.8, 4) is 0 Å². The molecule has 0 saturated carbocycles. The van der Waals surface area contributed by atoms with E-state index in [0.29, 0.717) is 0 Å². The summed E-state index contributed by atoms with van der Waals surface area (Å²) in [4.78, 5) is 4.41. The average molecular weight is 272 g/mol. The number of aryl methyl sites for hydroxylation is 2. The van der Waals surface area contributed by atoms with Gasteiger partial charge in [-0.2, -0.15) is 0 Å². The molecule has 0 aliphatic carbocycles. The highest BCUT2D eigenvalue weighted by Crippen LogP contribution is 2.15. The Labute approximate surface area is 84.8 Å². The molecule has 2 heterocycles. The lowest BCUT2D eigenvalue weighted by atomic mass is 10.3. The summed E-state index contributed by atoms with van der Waals surface area (Å²) >= 11 is 2.31. The van der Waals surface area contributed by atoms with Gasteiger partial charge in [0.25, 0.3) is 0 Å². The zero-order valence-corrected chi connectivity index (χ0v) is 9.16. The molecule has 0 fully saturated rings. The predicted molar refractivity (Wildman–Crippen MR) is 57.4 cm³/mol. The molecule has 0 bridgehead atoms. The van der Waals surface area contributed by atoms with E-state index in [2.05, 4.69) is 51.2 Å². The summed E-state index contributed by atoms with van der Waals surface area (Å²) in [6.07, 6.45) is 4.14. The van der Waals surface area contributed by atoms with Gasteiger partial charge >= 0.3 is 0 Å². The van der Waals surface area contributed by atoms with E-state index in [-0.39, 0.29) is 0 Å². The van der Waals surface area contributed by atoms with Crippen LogP contribution in [-0.4, -0.2) is 9.38 Å². The summed E-state index contributed by atoms with van der Waals surface area (Å²) in [5.74, 6) is 0. The molecule has 2 aromatic rings. The van der Waals surface area contributed by atoms with Gasteiger partial charge in [-0.15, -0.1) is 0 Å². The Bertz CT molecular complexity index is 431. The highest BCUT2D eigenvalue weighted by atomic mass is 127. The molecule has 0 aliphatic heterocycles. The van der Waals surface area contributed by atoms with Gasteiger partial charge < -0.3 is 4.40 Å². The second kappa shape index (κ2) is 2.73. The molecular weight excluding hydrogens is 263 g/mol. The fourth-order valence-corrected chi connectivity index (χ4v) is 2.20. The molecule has 3 heteroatoms. The second-order valence-electron chi connectivity index (χ2n) is 2.98. The van der Waals surface area contributed by atoms with Crippen molar-refractivity contribution in [3.63, 3.8) is 0 Å². The first kappa shape index (κ1) is 8.04. The lowest BCUT2D eigenvalue weighted by Crippen LogP contribution is -1.87. The first-order chi connectivity index (χ1) is 5.66. The van der Waals surface area contributed by atoms with E-state index in [1.807, 2.05) is 13.1 Å². The van der Waals surface area contributed by atoms with Crippen LogP contribution in [0.4, 0.5) is 0 Å². The van der Waals surface area contributed by atoms with Crippen LogP contribution >= 0.6 is 22.6 Å². The van der Waals surface area contributed by atoms with Crippen LogP contribution < -0.4 is 0 Å². The smallest absolute Gasteiger partial charge is 0.150 e. The molecule has 2 rings (SSSR count). The Kier molecular flexibility index (Phi) is 1.83. The van der Waals surface area contributed by atoms with Crippen molar-refractivity contribution in [1.29, 1.82) is 0 Å². The van der Waals surface area contributed by atoms with Gasteiger partial charge in [0.05, 0.1) is 9.26 Å². The number of pyridine rings is 1. The number of fused-ring (bicyclic) bond motifs is 1. The molecule has 0 aliphatic rings. The molecule has 0 unspecified atom stereocenters. The monoisotopic (exact) mass is 272 g/mol. The van der Waals surface area contributed by atoms with Gasteiger partial charge in [0, 0.05) is 12.4 Å². The van der Waals surface area contributed by atoms with Gasteiger partial charge in [-0.05, 0) is 48.1 Å². The van der Waals surface area contributed by atoms with Crippen molar-refractivity contribution in [2.75, 3.05) is 0 Å². The Morgan fingerprint density at radius 1 is 1.33 bits per heavy atom. The first-order valence-corrected chi connectivity index (χ1v) is 4.86. The summed E-state index contributed by atoms with van der Waals surface area (Å²) < 4.78 is 3.28. The molecule has 0 atom stereocenters. The fourth-order valence-electron chi connectivity index (χ4n) is 1.31. The van der Waals surface area contributed by atoms with E-state index < -0.39 is 0 Å². The maximum absolute atomic E-state index is 4.41. The zero-order valence-electron chi connectivity index (χ0n) is 7.00. The molecule has 0 N–H and O–H groups in total. The van der Waals surface area contributed by atoms with Crippen molar-refractivity contribution >= 4 is 28.2 Å². The lowest BCUT2D eigenvalue weighted by Gasteiger charge is -1.97. The summed E-state index contributed by atoms with van der Waals surface area (Å²) in [6.45, 7) is 4.11. The zero-order chi connectivity index (χ0) is 8.72. The highest BCUT2D eigenvalue weighted by molar-refractivity contribution is 14.1. The van der Waals surface area contributed by atoms with Crippen molar-refractivity contribution < 1.29 is 0 Å². The van der Waals surface area contributed by atoms with Gasteiger partial charge in [-0.1, -0.05) is 0 Å². The van der Waals surface area contributed by atoms with Crippen LogP contribution in [0.1, 0.15) is 11.3 Å². The predicted octanol–water partition coefficient (Wildman–Crippen LogP) is 2.56. The minimum atomic E-state index is 1.05. The number of aromatic nitrogens is 2. The van der Waals surface area contributed by atoms with E-state index in [1.165, 1.54) is 9.13 Å². The van der Waals surface area contributed by atoms with Crippen molar-refractivity contribution in [3.05, 3.63) is 33.3 Å². The van der Waals surface area contributed by atoms with Gasteiger partial charge in [0.1, 0.15) is 5.65 Å². The summed E-state index contributed by atoms with van der Waals surface area (Å²) in [7, 11) is 0. The molecule has 12 heavy (non-hydrogen) atoms. The van der Waals surface area contributed by atoms with Crippen LogP contribution in [0.5, 0.6) is 0 Å². The van der Waals surface area contributed by atoms with Gasteiger partial charge in [-0.25, -0.2) is 4.98 Å². The third-order valence-corrected chi connectivity index (χ3v) is 2.56. The molecule has 0 radical (unpaired) electrons. The van der Waals surface area contributed by atoms with E-state index in [0.717, 1.165) is 11.3 Å². The highest BCUT2D eigenvalue weighted by Gasteiger charge is 2.01. The number of hydrogen-bond donors (Lipinski definition) is 0. The minimum Gasteiger partial charge on any atom is -0.306 e. The molecule has 2 nitrogen and oxygen atoms in total. The van der Waals surface area contributed by atoms with Crippen LogP contribution in [0.25, 0.3) is 5.65 Å². The molecule has 0 amide bonds. The summed E-state index contributed by atoms with van der Waals surface area (Å²) in [6, 6.07) is 2.14. The summed E-state index contributed by atoms with van der Waals surface area (Å²) in [5, 5.41) is 0. The number of rotatable bonds is 0. The Hall–Kier alpha value is -0.580. The van der Waals surface area contributed by atoms with Crippen LogP contribution in [0, 0.1) is 17.4 Å². The quantitative estimate of drug-likeness (QED) is 0.674. The second-order valence-corrected chi connectivity index (χ2v) is 4.14.